The van der Waals surface area contributed by atoms with Gasteiger partial charge in [0.2, 0.25) is 11.8 Å². The van der Waals surface area contributed by atoms with E-state index in [9.17, 15) is 18.0 Å². The first-order chi connectivity index (χ1) is 18.3. The van der Waals surface area contributed by atoms with Gasteiger partial charge in [0, 0.05) is 30.2 Å². The molecule has 1 saturated heterocycles. The lowest BCUT2D eigenvalue weighted by Gasteiger charge is -2.32. The number of hydrogen-bond donors (Lipinski definition) is 2. The zero-order chi connectivity index (χ0) is 26.7. The van der Waals surface area contributed by atoms with Gasteiger partial charge in [0.05, 0.1) is 30.1 Å². The molecule has 2 amide bonds. The second kappa shape index (κ2) is 11.3. The number of carbonyl (C=O) groups is 2. The molecule has 0 spiro atoms. The van der Waals surface area contributed by atoms with Gasteiger partial charge in [0.1, 0.15) is 6.04 Å². The highest BCUT2D eigenvalue weighted by Crippen LogP contribution is 2.30. The number of likely N-dealkylation sites (tertiary alicyclic amines) is 1. The molecule has 11 heteroatoms. The molecule has 0 bridgehead atoms. The average Bonchev–Trinajstić information content (AvgIpc) is 3.33. The van der Waals surface area contributed by atoms with Crippen molar-refractivity contribution in [2.75, 3.05) is 19.6 Å². The predicted octanol–water partition coefficient (Wildman–Crippen LogP) is 2.22. The average molecular weight is 541 g/mol. The van der Waals surface area contributed by atoms with Crippen molar-refractivity contribution in [1.29, 1.82) is 0 Å². The van der Waals surface area contributed by atoms with E-state index in [4.69, 9.17) is 0 Å². The summed E-state index contributed by atoms with van der Waals surface area (Å²) in [5.41, 5.74) is 3.09. The second-order valence-corrected chi connectivity index (χ2v) is 12.2. The number of nitrogens with zero attached hydrogens (tertiary/aromatic N) is 4. The Hall–Kier alpha value is -3.18. The number of nitrogens with one attached hydrogen (secondary N) is 2. The summed E-state index contributed by atoms with van der Waals surface area (Å²) in [4.78, 5) is 28.4. The number of aryl methyl sites for hydroxylation is 1. The molecule has 1 aromatic carbocycles. The van der Waals surface area contributed by atoms with Crippen molar-refractivity contribution in [2.45, 2.75) is 75.4 Å². The monoisotopic (exact) mass is 540 g/mol. The van der Waals surface area contributed by atoms with Gasteiger partial charge in [0.25, 0.3) is 10.0 Å². The summed E-state index contributed by atoms with van der Waals surface area (Å²) in [5, 5.41) is 10.2. The van der Waals surface area contributed by atoms with Crippen molar-refractivity contribution in [1.82, 2.24) is 29.6 Å². The van der Waals surface area contributed by atoms with Crippen LogP contribution in [0.3, 0.4) is 0 Å². The number of amides is 2. The topological polar surface area (TPSA) is 117 Å². The van der Waals surface area contributed by atoms with Crippen LogP contribution in [-0.4, -0.2) is 64.9 Å². The van der Waals surface area contributed by atoms with Crippen LogP contribution in [0.2, 0.25) is 0 Å². The fourth-order valence-corrected chi connectivity index (χ4v) is 7.03. The van der Waals surface area contributed by atoms with Gasteiger partial charge in [-0.2, -0.15) is 5.10 Å². The molecule has 0 radical (unpaired) electrons. The summed E-state index contributed by atoms with van der Waals surface area (Å²) in [6, 6.07) is 5.04. The van der Waals surface area contributed by atoms with Crippen molar-refractivity contribution in [3.63, 3.8) is 0 Å². The molecule has 5 rings (SSSR count). The first kappa shape index (κ1) is 26.4. The number of piperidine rings is 1. The molecule has 1 aliphatic carbocycles. The van der Waals surface area contributed by atoms with Crippen LogP contribution in [0.4, 0.5) is 0 Å². The largest absolute Gasteiger partial charge is 0.349 e. The smallest absolute Gasteiger partial charge is 0.264 e. The molecule has 1 unspecified atom stereocenters. The first-order valence-corrected chi connectivity index (χ1v) is 14.9. The van der Waals surface area contributed by atoms with Gasteiger partial charge in [-0.05, 0) is 64.3 Å². The Morgan fingerprint density at radius 3 is 2.63 bits per heavy atom. The summed E-state index contributed by atoms with van der Waals surface area (Å²) >= 11 is 0. The summed E-state index contributed by atoms with van der Waals surface area (Å²) in [6.07, 6.45) is 10.6. The Morgan fingerprint density at radius 1 is 1.11 bits per heavy atom. The molecule has 0 saturated carbocycles. The van der Waals surface area contributed by atoms with Gasteiger partial charge in [-0.25, -0.2) is 8.42 Å². The van der Waals surface area contributed by atoms with Gasteiger partial charge in [-0.15, -0.1) is 0 Å². The van der Waals surface area contributed by atoms with Crippen LogP contribution in [0, 0.1) is 6.92 Å². The maximum Gasteiger partial charge on any atom is 0.264 e. The van der Waals surface area contributed by atoms with E-state index in [0.29, 0.717) is 0 Å². The Kier molecular flexibility index (Phi) is 7.85. The molecule has 2 aromatic rings. The zero-order valence-electron chi connectivity index (χ0n) is 21.8. The van der Waals surface area contributed by atoms with Crippen LogP contribution in [0.25, 0.3) is 0 Å². The van der Waals surface area contributed by atoms with Gasteiger partial charge < -0.3 is 15.5 Å². The van der Waals surface area contributed by atoms with E-state index >= 15 is 0 Å². The molecule has 1 fully saturated rings. The van der Waals surface area contributed by atoms with E-state index in [-0.39, 0.29) is 23.3 Å². The molecule has 38 heavy (non-hydrogen) atoms. The van der Waals surface area contributed by atoms with E-state index in [1.54, 1.807) is 12.1 Å². The van der Waals surface area contributed by atoms with Crippen LogP contribution in [0.15, 0.2) is 47.8 Å². The standard InChI is InChI=1S/C27H36N6O4S/c1-20-8-10-21(11-9-20)38(36,37)33-15-12-28-27(35)25(33)18-26(34)30-23-6-5-7-24-22(23)19-29-32(24)17-16-31-13-3-2-4-14-31/h8-12,15,19,23,25H,2-7,13-14,16-18H2,1H3,(H,28,35)(H,30,34)/t23?,25-/m1/s1. The Balaban J connectivity index is 1.26. The molecule has 3 aliphatic rings. The Morgan fingerprint density at radius 2 is 1.87 bits per heavy atom. The highest BCUT2D eigenvalue weighted by molar-refractivity contribution is 7.89. The molecular formula is C27H36N6O4S. The summed E-state index contributed by atoms with van der Waals surface area (Å²) in [5.74, 6) is -0.906. The zero-order valence-corrected chi connectivity index (χ0v) is 22.6. The molecule has 1 aromatic heterocycles. The van der Waals surface area contributed by atoms with Gasteiger partial charge in [0.15, 0.2) is 0 Å². The third-order valence-corrected chi connectivity index (χ3v) is 9.51. The van der Waals surface area contributed by atoms with E-state index in [1.807, 2.05) is 13.1 Å². The van der Waals surface area contributed by atoms with Crippen molar-refractivity contribution in [3.05, 3.63) is 59.7 Å². The van der Waals surface area contributed by atoms with Crippen LogP contribution < -0.4 is 10.6 Å². The number of carbonyl (C=O) groups excluding carboxylic acids is 2. The molecule has 2 N–H and O–H groups in total. The SMILES string of the molecule is Cc1ccc(S(=O)(=O)N2C=CNC(=O)[C@H]2CC(=O)NC2CCCc3c2cnn3CCN2CCCCC2)cc1. The number of sulfonamides is 1. The number of benzene rings is 1. The predicted molar refractivity (Wildman–Crippen MR) is 142 cm³/mol. The van der Waals surface area contributed by atoms with Crippen LogP contribution in [-0.2, 0) is 32.6 Å². The van der Waals surface area contributed by atoms with Crippen molar-refractivity contribution < 1.29 is 18.0 Å². The highest BCUT2D eigenvalue weighted by atomic mass is 32.2. The number of rotatable bonds is 8. The minimum Gasteiger partial charge on any atom is -0.349 e. The van der Waals surface area contributed by atoms with Gasteiger partial charge >= 0.3 is 0 Å². The summed E-state index contributed by atoms with van der Waals surface area (Å²) < 4.78 is 29.7. The lowest BCUT2D eigenvalue weighted by atomic mass is 9.92. The van der Waals surface area contributed by atoms with Crippen molar-refractivity contribution >= 4 is 21.8 Å². The maximum atomic E-state index is 13.3. The Labute approximate surface area is 224 Å². The lowest BCUT2D eigenvalue weighted by molar-refractivity contribution is -0.129. The maximum absolute atomic E-state index is 13.3. The third kappa shape index (κ3) is 5.63. The number of fused-ring (bicyclic) bond motifs is 1. The Bertz CT molecular complexity index is 1300. The third-order valence-electron chi connectivity index (χ3n) is 7.71. The van der Waals surface area contributed by atoms with E-state index in [1.165, 1.54) is 43.8 Å². The molecule has 2 aliphatic heterocycles. The van der Waals surface area contributed by atoms with E-state index in [0.717, 1.165) is 66.6 Å². The molecule has 10 nitrogen and oxygen atoms in total. The fourth-order valence-electron chi connectivity index (χ4n) is 5.58. The molecule has 2 atom stereocenters. The molecular weight excluding hydrogens is 504 g/mol. The van der Waals surface area contributed by atoms with Crippen LogP contribution >= 0.6 is 0 Å². The summed E-state index contributed by atoms with van der Waals surface area (Å²) in [6.45, 7) is 5.95. The quantitative estimate of drug-likeness (QED) is 0.531. The first-order valence-electron chi connectivity index (χ1n) is 13.5. The molecule has 3 heterocycles. The van der Waals surface area contributed by atoms with Crippen LogP contribution in [0.1, 0.15) is 61.4 Å². The number of hydrogen-bond acceptors (Lipinski definition) is 6. The van der Waals surface area contributed by atoms with E-state index < -0.39 is 22.0 Å². The lowest BCUT2D eigenvalue weighted by Crippen LogP contribution is -2.51. The minimum atomic E-state index is -4.01. The van der Waals surface area contributed by atoms with Gasteiger partial charge in [-0.1, -0.05) is 24.1 Å². The van der Waals surface area contributed by atoms with Crippen molar-refractivity contribution in [2.24, 2.45) is 0 Å². The molecule has 204 valence electrons. The van der Waals surface area contributed by atoms with Gasteiger partial charge in [-0.3, -0.25) is 18.6 Å². The number of aromatic nitrogens is 2. The van der Waals surface area contributed by atoms with Crippen LogP contribution in [0.5, 0.6) is 0 Å². The fraction of sp³-hybridized carbons (Fsp3) is 0.519. The minimum absolute atomic E-state index is 0.0711. The van der Waals surface area contributed by atoms with E-state index in [2.05, 4.69) is 25.3 Å². The van der Waals surface area contributed by atoms with Crippen molar-refractivity contribution in [3.8, 4) is 0 Å². The highest BCUT2D eigenvalue weighted by Gasteiger charge is 2.37. The summed E-state index contributed by atoms with van der Waals surface area (Å²) in [7, 11) is -4.01. The normalized spacial score (nSPS) is 22.1. The second-order valence-electron chi connectivity index (χ2n) is 10.4.